The molecule has 0 saturated carbocycles. The first-order valence-electron chi connectivity index (χ1n) is 4.16. The lowest BCUT2D eigenvalue weighted by Crippen LogP contribution is -2.05. The molecule has 0 atom stereocenters. The first-order valence-corrected chi connectivity index (χ1v) is 5.48. The minimum atomic E-state index is -0.149. The summed E-state index contributed by atoms with van der Waals surface area (Å²) in [7, 11) is 0. The Morgan fingerprint density at radius 3 is 3.00 bits per heavy atom. The standard InChI is InChI=1S/C10H7ClN2OS/c11-7-3-8(10(12)13-4-7)9(14)6-1-2-15-5-6/h1-5H,(H2,12,13). The quantitative estimate of drug-likeness (QED) is 0.819. The molecule has 0 amide bonds. The molecular formula is C10H7ClN2OS. The molecule has 76 valence electrons. The maximum absolute atomic E-state index is 11.9. The van der Waals surface area contributed by atoms with Crippen molar-refractivity contribution in [3.63, 3.8) is 0 Å². The van der Waals surface area contributed by atoms with E-state index in [1.165, 1.54) is 23.6 Å². The first-order chi connectivity index (χ1) is 7.18. The lowest BCUT2D eigenvalue weighted by molar-refractivity contribution is 0.104. The van der Waals surface area contributed by atoms with Gasteiger partial charge in [0.15, 0.2) is 5.78 Å². The van der Waals surface area contributed by atoms with Crippen molar-refractivity contribution in [3.8, 4) is 0 Å². The Morgan fingerprint density at radius 1 is 1.53 bits per heavy atom. The number of rotatable bonds is 2. The topological polar surface area (TPSA) is 56.0 Å². The predicted octanol–water partition coefficient (Wildman–Crippen LogP) is 2.61. The van der Waals surface area contributed by atoms with Crippen LogP contribution >= 0.6 is 22.9 Å². The Labute approximate surface area is 95.5 Å². The number of thiophene rings is 1. The van der Waals surface area contributed by atoms with Gasteiger partial charge in [0.2, 0.25) is 0 Å². The number of carbonyl (C=O) groups excluding carboxylic acids is 1. The molecule has 0 aromatic carbocycles. The van der Waals surface area contributed by atoms with Crippen molar-refractivity contribution in [2.24, 2.45) is 0 Å². The number of pyridine rings is 1. The van der Waals surface area contributed by atoms with Crippen LogP contribution in [0.3, 0.4) is 0 Å². The van der Waals surface area contributed by atoms with E-state index in [0.29, 0.717) is 16.1 Å². The van der Waals surface area contributed by atoms with Gasteiger partial charge in [0.1, 0.15) is 5.82 Å². The summed E-state index contributed by atoms with van der Waals surface area (Å²) in [5.41, 5.74) is 6.56. The van der Waals surface area contributed by atoms with Crippen molar-refractivity contribution in [2.45, 2.75) is 0 Å². The predicted molar refractivity (Wildman–Crippen MR) is 61.4 cm³/mol. The second-order valence-electron chi connectivity index (χ2n) is 2.93. The number of halogens is 1. The number of carbonyl (C=O) groups is 1. The van der Waals surface area contributed by atoms with Crippen LogP contribution in [0.5, 0.6) is 0 Å². The SMILES string of the molecule is Nc1ncc(Cl)cc1C(=O)c1ccsc1. The molecule has 2 aromatic rings. The summed E-state index contributed by atoms with van der Waals surface area (Å²) < 4.78 is 0. The summed E-state index contributed by atoms with van der Waals surface area (Å²) in [6, 6.07) is 3.28. The first kappa shape index (κ1) is 10.1. The number of anilines is 1. The van der Waals surface area contributed by atoms with Gasteiger partial charge in [-0.05, 0) is 17.5 Å². The number of nitrogen functional groups attached to an aromatic ring is 1. The molecule has 3 nitrogen and oxygen atoms in total. The lowest BCUT2D eigenvalue weighted by Gasteiger charge is -2.02. The third-order valence-electron chi connectivity index (χ3n) is 1.91. The zero-order valence-corrected chi connectivity index (χ0v) is 9.18. The Bertz CT molecular complexity index is 496. The summed E-state index contributed by atoms with van der Waals surface area (Å²) in [4.78, 5) is 15.7. The number of nitrogens with zero attached hydrogens (tertiary/aromatic N) is 1. The van der Waals surface area contributed by atoms with E-state index in [4.69, 9.17) is 17.3 Å². The van der Waals surface area contributed by atoms with Crippen LogP contribution < -0.4 is 5.73 Å². The van der Waals surface area contributed by atoms with Gasteiger partial charge >= 0.3 is 0 Å². The van der Waals surface area contributed by atoms with Gasteiger partial charge in [-0.25, -0.2) is 4.98 Å². The van der Waals surface area contributed by atoms with Crippen molar-refractivity contribution in [2.75, 3.05) is 5.73 Å². The van der Waals surface area contributed by atoms with Crippen LogP contribution in [-0.4, -0.2) is 10.8 Å². The summed E-state index contributed by atoms with van der Waals surface area (Å²) in [5.74, 6) is 0.0550. The van der Waals surface area contributed by atoms with Crippen molar-refractivity contribution >= 4 is 34.5 Å². The molecule has 2 heterocycles. The number of hydrogen-bond donors (Lipinski definition) is 1. The fourth-order valence-electron chi connectivity index (χ4n) is 1.18. The van der Waals surface area contributed by atoms with Gasteiger partial charge in [-0.15, -0.1) is 0 Å². The highest BCUT2D eigenvalue weighted by atomic mass is 35.5. The van der Waals surface area contributed by atoms with Crippen LogP contribution in [0.15, 0.2) is 29.1 Å². The van der Waals surface area contributed by atoms with Crippen LogP contribution in [0.1, 0.15) is 15.9 Å². The van der Waals surface area contributed by atoms with E-state index < -0.39 is 0 Å². The van der Waals surface area contributed by atoms with E-state index in [0.717, 1.165) is 0 Å². The second-order valence-corrected chi connectivity index (χ2v) is 4.14. The van der Waals surface area contributed by atoms with Gasteiger partial charge in [-0.2, -0.15) is 11.3 Å². The number of aromatic nitrogens is 1. The van der Waals surface area contributed by atoms with E-state index in [2.05, 4.69) is 4.98 Å². The highest BCUT2D eigenvalue weighted by Crippen LogP contribution is 2.19. The molecule has 5 heteroatoms. The van der Waals surface area contributed by atoms with E-state index in [9.17, 15) is 4.79 Å². The van der Waals surface area contributed by atoms with E-state index in [1.807, 2.05) is 5.38 Å². The highest BCUT2D eigenvalue weighted by Gasteiger charge is 2.13. The number of nitrogens with two attached hydrogens (primary N) is 1. The largest absolute Gasteiger partial charge is 0.383 e. The molecular weight excluding hydrogens is 232 g/mol. The Morgan fingerprint density at radius 2 is 2.33 bits per heavy atom. The second kappa shape index (κ2) is 4.00. The Kier molecular flexibility index (Phi) is 2.70. The minimum Gasteiger partial charge on any atom is -0.383 e. The molecule has 0 aliphatic heterocycles. The molecule has 0 fully saturated rings. The zero-order chi connectivity index (χ0) is 10.8. The van der Waals surface area contributed by atoms with Crippen LogP contribution in [0.4, 0.5) is 5.82 Å². The minimum absolute atomic E-state index is 0.149. The molecule has 15 heavy (non-hydrogen) atoms. The van der Waals surface area contributed by atoms with E-state index in [-0.39, 0.29) is 11.6 Å². The molecule has 0 unspecified atom stereocenters. The summed E-state index contributed by atoms with van der Waals surface area (Å²) in [5, 5.41) is 4.01. The highest BCUT2D eigenvalue weighted by molar-refractivity contribution is 7.08. The molecule has 0 bridgehead atoms. The maximum Gasteiger partial charge on any atom is 0.197 e. The average molecular weight is 239 g/mol. The number of hydrogen-bond acceptors (Lipinski definition) is 4. The van der Waals surface area contributed by atoms with Crippen molar-refractivity contribution < 1.29 is 4.79 Å². The molecule has 2 aromatic heterocycles. The molecule has 0 spiro atoms. The molecule has 0 aliphatic carbocycles. The Hall–Kier alpha value is -1.39. The fraction of sp³-hybridized carbons (Fsp3) is 0. The van der Waals surface area contributed by atoms with Gasteiger partial charge in [-0.1, -0.05) is 11.6 Å². The fourth-order valence-corrected chi connectivity index (χ4v) is 1.97. The molecule has 2 rings (SSSR count). The zero-order valence-electron chi connectivity index (χ0n) is 7.61. The maximum atomic E-state index is 11.9. The van der Waals surface area contributed by atoms with Gasteiger partial charge in [0.25, 0.3) is 0 Å². The van der Waals surface area contributed by atoms with Crippen molar-refractivity contribution in [1.29, 1.82) is 0 Å². The van der Waals surface area contributed by atoms with Crippen LogP contribution in [0.2, 0.25) is 5.02 Å². The van der Waals surface area contributed by atoms with Gasteiger partial charge in [-0.3, -0.25) is 4.79 Å². The van der Waals surface area contributed by atoms with Crippen LogP contribution in [0.25, 0.3) is 0 Å². The third kappa shape index (κ3) is 2.00. The van der Waals surface area contributed by atoms with E-state index >= 15 is 0 Å². The van der Waals surface area contributed by atoms with Gasteiger partial charge < -0.3 is 5.73 Å². The van der Waals surface area contributed by atoms with Crippen LogP contribution in [-0.2, 0) is 0 Å². The molecule has 0 saturated heterocycles. The molecule has 0 radical (unpaired) electrons. The number of ketones is 1. The monoisotopic (exact) mass is 238 g/mol. The van der Waals surface area contributed by atoms with Gasteiger partial charge in [0.05, 0.1) is 10.6 Å². The van der Waals surface area contributed by atoms with Crippen molar-refractivity contribution in [1.82, 2.24) is 4.98 Å². The summed E-state index contributed by atoms with van der Waals surface area (Å²) in [6.07, 6.45) is 1.42. The van der Waals surface area contributed by atoms with Gasteiger partial charge in [0, 0.05) is 17.1 Å². The van der Waals surface area contributed by atoms with Crippen LogP contribution in [0, 0.1) is 0 Å². The normalized spacial score (nSPS) is 10.2. The summed E-state index contributed by atoms with van der Waals surface area (Å²) in [6.45, 7) is 0. The molecule has 2 N–H and O–H groups in total. The summed E-state index contributed by atoms with van der Waals surface area (Å²) >= 11 is 7.21. The third-order valence-corrected chi connectivity index (χ3v) is 2.80. The smallest absolute Gasteiger partial charge is 0.197 e. The Balaban J connectivity index is 2.46. The van der Waals surface area contributed by atoms with Crippen molar-refractivity contribution in [3.05, 3.63) is 45.2 Å². The molecule has 0 aliphatic rings. The lowest BCUT2D eigenvalue weighted by atomic mass is 10.1. The average Bonchev–Trinajstić information content (AvgIpc) is 2.74. The van der Waals surface area contributed by atoms with E-state index in [1.54, 1.807) is 11.4 Å².